The third-order valence-electron chi connectivity index (χ3n) is 2.64. The Hall–Kier alpha value is -0.760. The molecular weight excluding hydrogens is 186 g/mol. The molecular formula is C13H23NO. The molecule has 0 aliphatic carbocycles. The smallest absolute Gasteiger partial charge is 0.121 e. The summed E-state index contributed by atoms with van der Waals surface area (Å²) >= 11 is 0. The Kier molecular flexibility index (Phi) is 3.97. The molecule has 86 valence electrons. The molecule has 1 atom stereocenters. The lowest BCUT2D eigenvalue weighted by Crippen LogP contribution is -2.18. The highest BCUT2D eigenvalue weighted by atomic mass is 16.3. The van der Waals surface area contributed by atoms with Crippen LogP contribution in [-0.4, -0.2) is 7.05 Å². The maximum Gasteiger partial charge on any atom is 0.121 e. The maximum atomic E-state index is 5.64. The van der Waals surface area contributed by atoms with E-state index in [4.69, 9.17) is 4.42 Å². The third kappa shape index (κ3) is 4.08. The largest absolute Gasteiger partial charge is 0.465 e. The van der Waals surface area contributed by atoms with Crippen molar-refractivity contribution >= 4 is 0 Å². The molecule has 1 heterocycles. The number of furan rings is 1. The van der Waals surface area contributed by atoms with Crippen LogP contribution in [0.15, 0.2) is 16.5 Å². The second kappa shape index (κ2) is 4.84. The Morgan fingerprint density at radius 3 is 2.40 bits per heavy atom. The highest BCUT2D eigenvalue weighted by molar-refractivity contribution is 5.09. The number of hydrogen-bond donors (Lipinski definition) is 1. The molecule has 0 radical (unpaired) electrons. The molecule has 15 heavy (non-hydrogen) atoms. The Morgan fingerprint density at radius 2 is 2.00 bits per heavy atom. The Labute approximate surface area is 93.1 Å². The quantitative estimate of drug-likeness (QED) is 0.818. The molecule has 0 amide bonds. The summed E-state index contributed by atoms with van der Waals surface area (Å²) in [5, 5.41) is 3.31. The molecule has 0 fully saturated rings. The summed E-state index contributed by atoms with van der Waals surface area (Å²) in [5.41, 5.74) is 0.386. The van der Waals surface area contributed by atoms with Crippen molar-refractivity contribution in [1.29, 1.82) is 0 Å². The molecule has 0 bridgehead atoms. The van der Waals surface area contributed by atoms with Gasteiger partial charge in [0.2, 0.25) is 0 Å². The molecule has 0 saturated carbocycles. The molecule has 0 saturated heterocycles. The first kappa shape index (κ1) is 12.3. The van der Waals surface area contributed by atoms with Crippen LogP contribution in [0.2, 0.25) is 0 Å². The van der Waals surface area contributed by atoms with Gasteiger partial charge >= 0.3 is 0 Å². The van der Waals surface area contributed by atoms with Gasteiger partial charge in [-0.3, -0.25) is 0 Å². The molecule has 1 N–H and O–H groups in total. The lowest BCUT2D eigenvalue weighted by atomic mass is 9.88. The average molecular weight is 209 g/mol. The summed E-state index contributed by atoms with van der Waals surface area (Å²) in [7, 11) is 1.99. The fourth-order valence-corrected chi connectivity index (χ4v) is 1.65. The average Bonchev–Trinajstić information content (AvgIpc) is 2.51. The summed E-state index contributed by atoms with van der Waals surface area (Å²) in [6.07, 6.45) is 2.31. The summed E-state index contributed by atoms with van der Waals surface area (Å²) in [6, 6.07) is 4.44. The van der Waals surface area contributed by atoms with Gasteiger partial charge in [-0.1, -0.05) is 20.8 Å². The predicted molar refractivity (Wildman–Crippen MR) is 63.9 cm³/mol. The Morgan fingerprint density at radius 1 is 1.33 bits per heavy atom. The number of hydrogen-bond acceptors (Lipinski definition) is 2. The van der Waals surface area contributed by atoms with E-state index in [0.29, 0.717) is 11.5 Å². The minimum atomic E-state index is 0.345. The molecule has 1 aromatic rings. The molecule has 0 aliphatic rings. The number of rotatable bonds is 4. The van der Waals surface area contributed by atoms with Crippen LogP contribution in [0.25, 0.3) is 0 Å². The van der Waals surface area contributed by atoms with Gasteiger partial charge in [-0.05, 0) is 44.4 Å². The fraction of sp³-hybridized carbons (Fsp3) is 0.692. The lowest BCUT2D eigenvalue weighted by Gasteiger charge is -2.21. The van der Waals surface area contributed by atoms with Crippen LogP contribution in [0.1, 0.15) is 51.2 Å². The zero-order chi connectivity index (χ0) is 11.5. The zero-order valence-corrected chi connectivity index (χ0v) is 10.6. The normalized spacial score (nSPS) is 14.2. The number of aryl methyl sites for hydroxylation is 1. The van der Waals surface area contributed by atoms with Crippen molar-refractivity contribution in [1.82, 2.24) is 5.32 Å². The molecule has 2 heteroatoms. The van der Waals surface area contributed by atoms with Crippen molar-refractivity contribution in [3.05, 3.63) is 23.7 Å². The summed E-state index contributed by atoms with van der Waals surface area (Å²) in [6.45, 7) is 8.80. The van der Waals surface area contributed by atoms with Gasteiger partial charge in [-0.2, -0.15) is 0 Å². The minimum absolute atomic E-state index is 0.345. The summed E-state index contributed by atoms with van der Waals surface area (Å²) in [4.78, 5) is 0. The van der Waals surface area contributed by atoms with E-state index < -0.39 is 0 Å². The Bertz CT molecular complexity index is 296. The first-order chi connectivity index (χ1) is 6.92. The summed E-state index contributed by atoms with van der Waals surface area (Å²) in [5.74, 6) is 2.04. The SMILES string of the molecule is CNC(CCC(C)(C)C)c1ccc(C)o1. The minimum Gasteiger partial charge on any atom is -0.465 e. The van der Waals surface area contributed by atoms with E-state index in [9.17, 15) is 0 Å². The van der Waals surface area contributed by atoms with Gasteiger partial charge in [-0.15, -0.1) is 0 Å². The second-order valence-electron chi connectivity index (χ2n) is 5.39. The molecule has 1 aromatic heterocycles. The van der Waals surface area contributed by atoms with Crippen molar-refractivity contribution in [3.63, 3.8) is 0 Å². The van der Waals surface area contributed by atoms with E-state index in [0.717, 1.165) is 17.9 Å². The van der Waals surface area contributed by atoms with Crippen molar-refractivity contribution in [2.45, 2.75) is 46.6 Å². The first-order valence-electron chi connectivity index (χ1n) is 5.66. The van der Waals surface area contributed by atoms with Crippen molar-refractivity contribution in [2.24, 2.45) is 5.41 Å². The number of nitrogens with one attached hydrogen (secondary N) is 1. The second-order valence-corrected chi connectivity index (χ2v) is 5.39. The van der Waals surface area contributed by atoms with Gasteiger partial charge in [0.05, 0.1) is 6.04 Å². The van der Waals surface area contributed by atoms with Crippen molar-refractivity contribution in [3.8, 4) is 0 Å². The van der Waals surface area contributed by atoms with E-state index >= 15 is 0 Å². The van der Waals surface area contributed by atoms with E-state index in [1.807, 2.05) is 20.0 Å². The van der Waals surface area contributed by atoms with E-state index in [-0.39, 0.29) is 0 Å². The highest BCUT2D eigenvalue weighted by Gasteiger charge is 2.17. The molecule has 2 nitrogen and oxygen atoms in total. The predicted octanol–water partition coefficient (Wildman–Crippen LogP) is 3.67. The molecule has 0 aliphatic heterocycles. The lowest BCUT2D eigenvalue weighted by molar-refractivity contribution is 0.316. The Balaban J connectivity index is 2.57. The van der Waals surface area contributed by atoms with Gasteiger partial charge in [-0.25, -0.2) is 0 Å². The zero-order valence-electron chi connectivity index (χ0n) is 10.6. The molecule has 0 aromatic carbocycles. The monoisotopic (exact) mass is 209 g/mol. The summed E-state index contributed by atoms with van der Waals surface area (Å²) < 4.78 is 5.64. The van der Waals surface area contributed by atoms with Gasteiger partial charge in [0.15, 0.2) is 0 Å². The van der Waals surface area contributed by atoms with Gasteiger partial charge in [0.25, 0.3) is 0 Å². The van der Waals surface area contributed by atoms with Crippen molar-refractivity contribution in [2.75, 3.05) is 7.05 Å². The van der Waals surface area contributed by atoms with Crippen LogP contribution in [0.4, 0.5) is 0 Å². The topological polar surface area (TPSA) is 25.2 Å². The highest BCUT2D eigenvalue weighted by Crippen LogP contribution is 2.27. The van der Waals surface area contributed by atoms with Crippen LogP contribution in [0.5, 0.6) is 0 Å². The van der Waals surface area contributed by atoms with Crippen molar-refractivity contribution < 1.29 is 4.42 Å². The standard InChI is InChI=1S/C13H23NO/c1-10-6-7-12(15-10)11(14-5)8-9-13(2,3)4/h6-7,11,14H,8-9H2,1-5H3. The molecule has 1 unspecified atom stereocenters. The van der Waals surface area contributed by atoms with Crippen LogP contribution < -0.4 is 5.32 Å². The first-order valence-corrected chi connectivity index (χ1v) is 5.66. The van der Waals surface area contributed by atoms with Crippen LogP contribution in [0.3, 0.4) is 0 Å². The van der Waals surface area contributed by atoms with Crippen LogP contribution in [0, 0.1) is 12.3 Å². The van der Waals surface area contributed by atoms with Crippen LogP contribution in [-0.2, 0) is 0 Å². The molecule has 1 rings (SSSR count). The van der Waals surface area contributed by atoms with E-state index in [1.165, 1.54) is 6.42 Å². The van der Waals surface area contributed by atoms with E-state index in [1.54, 1.807) is 0 Å². The van der Waals surface area contributed by atoms with Gasteiger partial charge in [0.1, 0.15) is 11.5 Å². The van der Waals surface area contributed by atoms with Gasteiger partial charge in [0, 0.05) is 0 Å². The fourth-order valence-electron chi connectivity index (χ4n) is 1.65. The van der Waals surface area contributed by atoms with Crippen LogP contribution >= 0.6 is 0 Å². The maximum absolute atomic E-state index is 5.64. The molecule has 0 spiro atoms. The van der Waals surface area contributed by atoms with E-state index in [2.05, 4.69) is 32.2 Å². The third-order valence-corrected chi connectivity index (χ3v) is 2.64. The van der Waals surface area contributed by atoms with Gasteiger partial charge < -0.3 is 9.73 Å².